The Morgan fingerprint density at radius 2 is 1.95 bits per heavy atom. The molecule has 8 nitrogen and oxygen atoms in total. The van der Waals surface area contributed by atoms with Crippen LogP contribution >= 0.6 is 11.6 Å². The predicted molar refractivity (Wildman–Crippen MR) is 148 cm³/mol. The Morgan fingerprint density at radius 1 is 1.28 bits per heavy atom. The molecule has 2 N–H and O–H groups in total. The number of anilines is 1. The second-order valence-electron chi connectivity index (χ2n) is 11.1. The minimum absolute atomic E-state index is 0.0647. The topological polar surface area (TPSA) is 95.3 Å². The van der Waals surface area contributed by atoms with Gasteiger partial charge in [-0.25, -0.2) is 4.39 Å². The number of nitrogens with zero attached hydrogens (tertiary/aromatic N) is 2. The van der Waals surface area contributed by atoms with Crippen molar-refractivity contribution in [2.45, 2.75) is 65.1 Å². The van der Waals surface area contributed by atoms with Crippen molar-refractivity contribution >= 4 is 29.4 Å². The Morgan fingerprint density at radius 3 is 2.54 bits per heavy atom. The highest BCUT2D eigenvalue weighted by atomic mass is 35.5. The van der Waals surface area contributed by atoms with Crippen molar-refractivity contribution < 1.29 is 28.5 Å². The molecule has 2 aromatic rings. The van der Waals surface area contributed by atoms with Crippen LogP contribution in [0.15, 0.2) is 36.4 Å². The summed E-state index contributed by atoms with van der Waals surface area (Å²) >= 11 is 6.43. The van der Waals surface area contributed by atoms with Gasteiger partial charge in [0.05, 0.1) is 29.5 Å². The van der Waals surface area contributed by atoms with Gasteiger partial charge in [-0.1, -0.05) is 23.7 Å². The number of halogens is 2. The fourth-order valence-electron chi connectivity index (χ4n) is 5.05. The second kappa shape index (κ2) is 11.7. The first-order valence-corrected chi connectivity index (χ1v) is 13.6. The lowest BCUT2D eigenvalue weighted by molar-refractivity contribution is -0.168. The van der Waals surface area contributed by atoms with Crippen molar-refractivity contribution in [1.29, 1.82) is 5.41 Å². The molecule has 212 valence electrons. The number of hydrogen-bond donors (Lipinski definition) is 2. The number of aliphatic hydroxyl groups is 1. The molecule has 39 heavy (non-hydrogen) atoms. The molecule has 1 saturated heterocycles. The summed E-state index contributed by atoms with van der Waals surface area (Å²) in [4.78, 5) is 17.0. The molecule has 0 radical (unpaired) electrons. The normalized spacial score (nSPS) is 19.6. The first-order valence-electron chi connectivity index (χ1n) is 13.2. The molecular weight excluding hydrogens is 525 g/mol. The van der Waals surface area contributed by atoms with E-state index in [-0.39, 0.29) is 18.3 Å². The molecule has 2 unspecified atom stereocenters. The van der Waals surface area contributed by atoms with E-state index in [2.05, 4.69) is 0 Å². The van der Waals surface area contributed by atoms with Gasteiger partial charge >= 0.3 is 0 Å². The van der Waals surface area contributed by atoms with E-state index >= 15 is 0 Å². The molecule has 0 aliphatic carbocycles. The molecular formula is C29H37ClFN3O5. The van der Waals surface area contributed by atoms with Crippen molar-refractivity contribution in [1.82, 2.24) is 4.90 Å². The number of aliphatic hydroxyl groups excluding tert-OH is 1. The molecule has 2 aliphatic rings. The van der Waals surface area contributed by atoms with E-state index in [4.69, 9.17) is 31.2 Å². The van der Waals surface area contributed by atoms with Gasteiger partial charge in [-0.05, 0) is 70.7 Å². The number of carbonyl (C=O) groups is 1. The third-order valence-corrected chi connectivity index (χ3v) is 7.40. The molecule has 4 rings (SSSR count). The van der Waals surface area contributed by atoms with Crippen molar-refractivity contribution in [2.24, 2.45) is 5.41 Å². The Labute approximate surface area is 234 Å². The number of ether oxygens (including phenoxy) is 3. The number of piperidine rings is 1. The van der Waals surface area contributed by atoms with Crippen LogP contribution in [0.1, 0.15) is 46.1 Å². The van der Waals surface area contributed by atoms with Crippen LogP contribution in [-0.4, -0.2) is 66.5 Å². The van der Waals surface area contributed by atoms with Gasteiger partial charge in [-0.3, -0.25) is 4.79 Å². The lowest BCUT2D eigenvalue weighted by Crippen LogP contribution is -2.56. The summed E-state index contributed by atoms with van der Waals surface area (Å²) in [7, 11) is 0. The average Bonchev–Trinajstić information content (AvgIpc) is 2.89. The summed E-state index contributed by atoms with van der Waals surface area (Å²) in [5.41, 5.74) is 0.421. The molecule has 0 aromatic heterocycles. The van der Waals surface area contributed by atoms with Crippen molar-refractivity contribution in [3.63, 3.8) is 0 Å². The third kappa shape index (κ3) is 6.83. The number of nitrogens with one attached hydrogen (secondary N) is 1. The van der Waals surface area contributed by atoms with E-state index in [1.165, 1.54) is 18.3 Å². The number of amides is 1. The van der Waals surface area contributed by atoms with Crippen LogP contribution in [0.5, 0.6) is 11.5 Å². The molecule has 0 bridgehead atoms. The van der Waals surface area contributed by atoms with Crippen molar-refractivity contribution in [3.05, 3.63) is 52.8 Å². The number of benzene rings is 2. The van der Waals surface area contributed by atoms with Gasteiger partial charge < -0.3 is 34.5 Å². The summed E-state index contributed by atoms with van der Waals surface area (Å²) in [6.45, 7) is 8.72. The van der Waals surface area contributed by atoms with E-state index in [0.29, 0.717) is 61.2 Å². The van der Waals surface area contributed by atoms with Crippen molar-refractivity contribution in [2.75, 3.05) is 31.1 Å². The summed E-state index contributed by atoms with van der Waals surface area (Å²) in [5, 5.41) is 19.5. The molecule has 1 fully saturated rings. The lowest BCUT2D eigenvalue weighted by atomic mass is 9.74. The van der Waals surface area contributed by atoms with Gasteiger partial charge in [-0.2, -0.15) is 0 Å². The highest BCUT2D eigenvalue weighted by molar-refractivity contribution is 6.32. The first kappa shape index (κ1) is 29.1. The molecule has 0 spiro atoms. The fourth-order valence-corrected chi connectivity index (χ4v) is 5.26. The van der Waals surface area contributed by atoms with Crippen LogP contribution < -0.4 is 14.4 Å². The van der Waals surface area contributed by atoms with E-state index in [1.807, 2.05) is 27.7 Å². The minimum Gasteiger partial charge on any atom is -0.492 e. The zero-order valence-electron chi connectivity index (χ0n) is 22.9. The summed E-state index contributed by atoms with van der Waals surface area (Å²) in [6, 6.07) is 9.62. The maximum atomic E-state index is 13.7. The number of likely N-dealkylation sites (tertiary alicyclic amines) is 1. The zero-order chi connectivity index (χ0) is 28.4. The second-order valence-corrected chi connectivity index (χ2v) is 11.5. The number of fused-ring (bicyclic) bond motifs is 1. The van der Waals surface area contributed by atoms with Crippen LogP contribution in [0.2, 0.25) is 5.02 Å². The summed E-state index contributed by atoms with van der Waals surface area (Å²) in [6.07, 6.45) is 1.05. The van der Waals surface area contributed by atoms with E-state index in [1.54, 1.807) is 34.1 Å². The minimum atomic E-state index is -1.33. The molecule has 2 aromatic carbocycles. The van der Waals surface area contributed by atoms with Crippen LogP contribution in [0.4, 0.5) is 10.1 Å². The van der Waals surface area contributed by atoms with Gasteiger partial charge in [0.15, 0.2) is 6.10 Å². The molecule has 1 amide bonds. The van der Waals surface area contributed by atoms with E-state index in [0.717, 1.165) is 5.56 Å². The standard InChI is InChI=1S/C29H37ClFN3O5/c1-5-37-23-15-24-22(14-21(23)30)34(27(36)39-28(2,3)4)17-25(38-24)26(35)33-12-10-29(18-32,11-13-33)16-19-6-8-20(31)9-7-19/h6-9,14-15,18,25,27,32,36H,5,10-13,16-17H2,1-4H3. The van der Waals surface area contributed by atoms with Gasteiger partial charge in [-0.15, -0.1) is 0 Å². The maximum absolute atomic E-state index is 13.7. The molecule has 2 heterocycles. The highest BCUT2D eigenvalue weighted by Crippen LogP contribution is 2.43. The van der Waals surface area contributed by atoms with Gasteiger partial charge in [0, 0.05) is 30.8 Å². The summed E-state index contributed by atoms with van der Waals surface area (Å²) < 4.78 is 30.9. The quantitative estimate of drug-likeness (QED) is 0.346. The Kier molecular flexibility index (Phi) is 8.73. The monoisotopic (exact) mass is 561 g/mol. The SMILES string of the molecule is CCOc1cc2c(cc1Cl)N(C(O)OC(C)(C)C)CC(C(=O)N1CCC(C=N)(Cc3ccc(F)cc3)CC1)O2. The largest absolute Gasteiger partial charge is 0.492 e. The van der Waals surface area contributed by atoms with Gasteiger partial charge in [0.2, 0.25) is 6.41 Å². The third-order valence-electron chi connectivity index (χ3n) is 7.10. The zero-order valence-corrected chi connectivity index (χ0v) is 23.6. The summed E-state index contributed by atoms with van der Waals surface area (Å²) in [5.74, 6) is 0.291. The van der Waals surface area contributed by atoms with Crippen molar-refractivity contribution in [3.8, 4) is 11.5 Å². The van der Waals surface area contributed by atoms with Crippen LogP contribution in [0.3, 0.4) is 0 Å². The smallest absolute Gasteiger partial charge is 0.265 e. The van der Waals surface area contributed by atoms with Crippen LogP contribution in [-0.2, 0) is 16.0 Å². The Balaban J connectivity index is 1.52. The average molecular weight is 562 g/mol. The Bertz CT molecular complexity index is 1180. The molecule has 0 saturated carbocycles. The maximum Gasteiger partial charge on any atom is 0.265 e. The predicted octanol–water partition coefficient (Wildman–Crippen LogP) is 5.04. The highest BCUT2D eigenvalue weighted by Gasteiger charge is 2.41. The van der Waals surface area contributed by atoms with Crippen LogP contribution in [0, 0.1) is 16.6 Å². The van der Waals surface area contributed by atoms with Crippen LogP contribution in [0.25, 0.3) is 0 Å². The fraction of sp³-hybridized carbons (Fsp3) is 0.517. The van der Waals surface area contributed by atoms with Gasteiger partial charge in [0.25, 0.3) is 5.91 Å². The number of hydrogen-bond acceptors (Lipinski definition) is 7. The van der Waals surface area contributed by atoms with E-state index < -0.39 is 23.5 Å². The lowest BCUT2D eigenvalue weighted by Gasteiger charge is -2.43. The molecule has 2 atom stereocenters. The Hall–Kier alpha value is -2.88. The number of rotatable bonds is 8. The van der Waals surface area contributed by atoms with Gasteiger partial charge in [0.1, 0.15) is 17.3 Å². The van der Waals surface area contributed by atoms with E-state index in [9.17, 15) is 14.3 Å². The number of carbonyl (C=O) groups excluding carboxylic acids is 1. The molecule has 2 aliphatic heterocycles. The first-order chi connectivity index (χ1) is 18.4. The molecule has 10 heteroatoms.